The van der Waals surface area contributed by atoms with E-state index in [1.807, 2.05) is 4.90 Å². The molecule has 0 spiro atoms. The Balaban J connectivity index is 0.00000180. The Kier molecular flexibility index (Phi) is 6.09. The number of carbonyl (C=O) groups is 1. The van der Waals surface area contributed by atoms with E-state index in [9.17, 15) is 4.79 Å². The molecule has 0 aromatic rings. The molecule has 112 valence electrons. The number of carbonyl (C=O) groups excluding carboxylic acids is 1. The summed E-state index contributed by atoms with van der Waals surface area (Å²) in [6.07, 6.45) is 4.99. The van der Waals surface area contributed by atoms with Gasteiger partial charge in [-0.15, -0.1) is 12.4 Å². The van der Waals surface area contributed by atoms with Crippen molar-refractivity contribution in [1.82, 2.24) is 4.90 Å². The number of nitrogens with zero attached hydrogens (tertiary/aromatic N) is 1. The lowest BCUT2D eigenvalue weighted by Crippen LogP contribution is -2.54. The van der Waals surface area contributed by atoms with Gasteiger partial charge in [-0.3, -0.25) is 4.79 Å². The zero-order valence-electron chi connectivity index (χ0n) is 12.1. The van der Waals surface area contributed by atoms with Crippen LogP contribution in [0.3, 0.4) is 0 Å². The minimum atomic E-state index is 0. The van der Waals surface area contributed by atoms with Gasteiger partial charge in [0.1, 0.15) is 0 Å². The Hall–Kier alpha value is -0.320. The van der Waals surface area contributed by atoms with Crippen LogP contribution < -0.4 is 5.73 Å². The first-order chi connectivity index (χ1) is 8.49. The van der Waals surface area contributed by atoms with Crippen molar-refractivity contribution in [2.75, 3.05) is 19.7 Å². The highest BCUT2D eigenvalue weighted by Gasteiger charge is 2.35. The summed E-state index contributed by atoms with van der Waals surface area (Å²) >= 11 is 0. The number of ether oxygens (including phenoxy) is 1. The number of halogens is 1. The number of amides is 1. The molecule has 4 nitrogen and oxygen atoms in total. The molecule has 2 fully saturated rings. The quantitative estimate of drug-likeness (QED) is 0.864. The van der Waals surface area contributed by atoms with Crippen LogP contribution in [-0.4, -0.2) is 42.6 Å². The van der Waals surface area contributed by atoms with Crippen molar-refractivity contribution >= 4 is 18.3 Å². The first-order valence-corrected chi connectivity index (χ1v) is 7.14. The lowest BCUT2D eigenvalue weighted by atomic mass is 9.79. The number of rotatable bonds is 3. The average Bonchev–Trinajstić information content (AvgIpc) is 2.82. The van der Waals surface area contributed by atoms with E-state index in [1.165, 1.54) is 0 Å². The van der Waals surface area contributed by atoms with Gasteiger partial charge >= 0.3 is 0 Å². The predicted octanol–water partition coefficient (Wildman–Crippen LogP) is 1.95. The summed E-state index contributed by atoms with van der Waals surface area (Å²) in [6, 6.07) is 0.208. The summed E-state index contributed by atoms with van der Waals surface area (Å²) < 4.78 is 5.56. The monoisotopic (exact) mass is 290 g/mol. The van der Waals surface area contributed by atoms with Crippen molar-refractivity contribution in [3.8, 4) is 0 Å². The molecule has 2 saturated heterocycles. The van der Waals surface area contributed by atoms with E-state index in [4.69, 9.17) is 10.5 Å². The van der Waals surface area contributed by atoms with Crippen LogP contribution in [0.4, 0.5) is 0 Å². The van der Waals surface area contributed by atoms with E-state index in [0.29, 0.717) is 12.5 Å². The largest absolute Gasteiger partial charge is 0.378 e. The van der Waals surface area contributed by atoms with Gasteiger partial charge in [-0.1, -0.05) is 13.8 Å². The Morgan fingerprint density at radius 1 is 1.42 bits per heavy atom. The lowest BCUT2D eigenvalue weighted by Gasteiger charge is -2.42. The van der Waals surface area contributed by atoms with Crippen molar-refractivity contribution < 1.29 is 9.53 Å². The number of piperidine rings is 1. The SMILES string of the molecule is CC1(C)CN(C(=O)CCC2CCCO2)CCC1N.Cl. The van der Waals surface area contributed by atoms with Gasteiger partial charge in [0.15, 0.2) is 0 Å². The van der Waals surface area contributed by atoms with Gasteiger partial charge in [0.25, 0.3) is 0 Å². The summed E-state index contributed by atoms with van der Waals surface area (Å²) in [5, 5.41) is 0. The van der Waals surface area contributed by atoms with Gasteiger partial charge in [-0.25, -0.2) is 0 Å². The van der Waals surface area contributed by atoms with Crippen LogP contribution in [0.25, 0.3) is 0 Å². The maximum absolute atomic E-state index is 12.2. The normalized spacial score (nSPS) is 29.9. The second-order valence-electron chi connectivity index (χ2n) is 6.37. The molecule has 19 heavy (non-hydrogen) atoms. The third-order valence-electron chi connectivity index (χ3n) is 4.37. The third kappa shape index (κ3) is 4.33. The van der Waals surface area contributed by atoms with Crippen LogP contribution in [-0.2, 0) is 9.53 Å². The summed E-state index contributed by atoms with van der Waals surface area (Å²) in [5.41, 5.74) is 6.13. The molecular weight excluding hydrogens is 264 g/mol. The molecule has 2 heterocycles. The zero-order valence-corrected chi connectivity index (χ0v) is 12.9. The van der Waals surface area contributed by atoms with E-state index in [0.717, 1.165) is 45.4 Å². The van der Waals surface area contributed by atoms with Crippen LogP contribution in [0.1, 0.15) is 46.0 Å². The van der Waals surface area contributed by atoms with Crippen LogP contribution >= 0.6 is 12.4 Å². The predicted molar refractivity (Wildman–Crippen MR) is 78.4 cm³/mol. The number of hydrogen-bond donors (Lipinski definition) is 1. The minimum absolute atomic E-state index is 0. The van der Waals surface area contributed by atoms with Gasteiger partial charge in [-0.05, 0) is 31.1 Å². The van der Waals surface area contributed by atoms with E-state index in [2.05, 4.69) is 13.8 Å². The Morgan fingerprint density at radius 2 is 2.16 bits per heavy atom. The standard InChI is InChI=1S/C14H26N2O2.ClH/c1-14(2)10-16(8-7-12(14)15)13(17)6-5-11-4-3-9-18-11;/h11-12H,3-10,15H2,1-2H3;1H. The van der Waals surface area contributed by atoms with E-state index < -0.39 is 0 Å². The van der Waals surface area contributed by atoms with Crippen LogP contribution in [0.15, 0.2) is 0 Å². The van der Waals surface area contributed by atoms with Crippen LogP contribution in [0.2, 0.25) is 0 Å². The zero-order chi connectivity index (χ0) is 13.2. The average molecular weight is 291 g/mol. The number of nitrogens with two attached hydrogens (primary N) is 1. The summed E-state index contributed by atoms with van der Waals surface area (Å²) in [4.78, 5) is 14.2. The second-order valence-corrected chi connectivity index (χ2v) is 6.37. The highest BCUT2D eigenvalue weighted by atomic mass is 35.5. The Bertz CT molecular complexity index is 304. The maximum atomic E-state index is 12.2. The third-order valence-corrected chi connectivity index (χ3v) is 4.37. The molecule has 2 N–H and O–H groups in total. The van der Waals surface area contributed by atoms with Gasteiger partial charge in [0, 0.05) is 32.2 Å². The summed E-state index contributed by atoms with van der Waals surface area (Å²) in [7, 11) is 0. The number of likely N-dealkylation sites (tertiary alicyclic amines) is 1. The highest BCUT2D eigenvalue weighted by molar-refractivity contribution is 5.85. The van der Waals surface area contributed by atoms with Crippen molar-refractivity contribution in [3.63, 3.8) is 0 Å². The molecule has 2 aliphatic heterocycles. The van der Waals surface area contributed by atoms with Gasteiger partial charge in [0.2, 0.25) is 5.91 Å². The van der Waals surface area contributed by atoms with Crippen LogP contribution in [0, 0.1) is 5.41 Å². The maximum Gasteiger partial charge on any atom is 0.222 e. The smallest absolute Gasteiger partial charge is 0.222 e. The Labute approximate surface area is 122 Å². The molecule has 0 aliphatic carbocycles. The van der Waals surface area contributed by atoms with Gasteiger partial charge in [-0.2, -0.15) is 0 Å². The van der Waals surface area contributed by atoms with Crippen molar-refractivity contribution in [3.05, 3.63) is 0 Å². The lowest BCUT2D eigenvalue weighted by molar-refractivity contribution is -0.135. The molecule has 2 rings (SSSR count). The van der Waals surface area contributed by atoms with Crippen molar-refractivity contribution in [2.45, 2.75) is 58.1 Å². The Morgan fingerprint density at radius 3 is 2.74 bits per heavy atom. The van der Waals surface area contributed by atoms with Crippen molar-refractivity contribution in [1.29, 1.82) is 0 Å². The molecule has 0 bridgehead atoms. The second kappa shape index (κ2) is 6.91. The van der Waals surface area contributed by atoms with Crippen molar-refractivity contribution in [2.24, 2.45) is 11.1 Å². The van der Waals surface area contributed by atoms with Crippen LogP contribution in [0.5, 0.6) is 0 Å². The molecule has 0 radical (unpaired) electrons. The number of hydrogen-bond acceptors (Lipinski definition) is 3. The molecule has 2 atom stereocenters. The molecular formula is C14H27ClN2O2. The topological polar surface area (TPSA) is 55.6 Å². The highest BCUT2D eigenvalue weighted by Crippen LogP contribution is 2.28. The molecule has 2 aliphatic rings. The molecule has 5 heteroatoms. The van der Waals surface area contributed by atoms with E-state index in [-0.39, 0.29) is 29.8 Å². The molecule has 0 saturated carbocycles. The first-order valence-electron chi connectivity index (χ1n) is 7.14. The summed E-state index contributed by atoms with van der Waals surface area (Å²) in [6.45, 7) is 6.77. The summed E-state index contributed by atoms with van der Waals surface area (Å²) in [5.74, 6) is 0.269. The fourth-order valence-corrected chi connectivity index (χ4v) is 2.90. The first kappa shape index (κ1) is 16.7. The van der Waals surface area contributed by atoms with E-state index >= 15 is 0 Å². The molecule has 0 aromatic carbocycles. The molecule has 2 unspecified atom stereocenters. The molecule has 1 amide bonds. The fourth-order valence-electron chi connectivity index (χ4n) is 2.90. The van der Waals surface area contributed by atoms with Gasteiger partial charge in [0.05, 0.1) is 6.10 Å². The molecule has 0 aromatic heterocycles. The minimum Gasteiger partial charge on any atom is -0.378 e. The van der Waals surface area contributed by atoms with Gasteiger partial charge < -0.3 is 15.4 Å². The fraction of sp³-hybridized carbons (Fsp3) is 0.929. The van der Waals surface area contributed by atoms with E-state index in [1.54, 1.807) is 0 Å².